The van der Waals surface area contributed by atoms with Gasteiger partial charge < -0.3 is 20.3 Å². The Bertz CT molecular complexity index is 246. The summed E-state index contributed by atoms with van der Waals surface area (Å²) in [6.45, 7) is 0.597. The number of aliphatic hydroxyl groups excluding tert-OH is 2. The molecule has 1 aliphatic carbocycles. The van der Waals surface area contributed by atoms with Crippen molar-refractivity contribution < 1.29 is 23.7 Å². The van der Waals surface area contributed by atoms with E-state index in [1.54, 1.807) is 0 Å². The normalized spacial score (nSPS) is 26.4. The van der Waals surface area contributed by atoms with Gasteiger partial charge in [-0.05, 0) is 31.6 Å². The van der Waals surface area contributed by atoms with Gasteiger partial charge in [0.1, 0.15) is 6.61 Å². The standard InChI is InChI=1S/C13H25F2NO3/c1-10-2-4-12(5-3-10)19-7-11(18)6-16-8-13(14,15)9-17/h10-12,16-18H,2-9H2,1H3. The van der Waals surface area contributed by atoms with Crippen LogP contribution < -0.4 is 5.32 Å². The van der Waals surface area contributed by atoms with E-state index in [1.165, 1.54) is 0 Å². The van der Waals surface area contributed by atoms with Crippen LogP contribution in [0.2, 0.25) is 0 Å². The van der Waals surface area contributed by atoms with Gasteiger partial charge in [0.15, 0.2) is 0 Å². The molecule has 0 heterocycles. The number of rotatable bonds is 8. The third-order valence-corrected chi connectivity index (χ3v) is 3.48. The van der Waals surface area contributed by atoms with Gasteiger partial charge in [0.25, 0.3) is 5.92 Å². The lowest BCUT2D eigenvalue weighted by Crippen LogP contribution is -2.40. The number of nitrogens with one attached hydrogen (secondary N) is 1. The lowest BCUT2D eigenvalue weighted by molar-refractivity contribution is -0.0538. The van der Waals surface area contributed by atoms with Gasteiger partial charge >= 0.3 is 0 Å². The molecule has 0 aromatic carbocycles. The molecule has 4 nitrogen and oxygen atoms in total. The van der Waals surface area contributed by atoms with Crippen molar-refractivity contribution in [2.24, 2.45) is 5.92 Å². The Morgan fingerprint density at radius 3 is 2.53 bits per heavy atom. The van der Waals surface area contributed by atoms with Crippen molar-refractivity contribution in [2.45, 2.75) is 50.7 Å². The molecular weight excluding hydrogens is 256 g/mol. The van der Waals surface area contributed by atoms with E-state index in [-0.39, 0.29) is 19.3 Å². The quantitative estimate of drug-likeness (QED) is 0.625. The monoisotopic (exact) mass is 281 g/mol. The fourth-order valence-corrected chi connectivity index (χ4v) is 2.18. The van der Waals surface area contributed by atoms with Crippen molar-refractivity contribution in [3.8, 4) is 0 Å². The number of aliphatic hydroxyl groups is 2. The zero-order chi connectivity index (χ0) is 14.3. The van der Waals surface area contributed by atoms with Crippen molar-refractivity contribution >= 4 is 0 Å². The molecule has 114 valence electrons. The van der Waals surface area contributed by atoms with E-state index < -0.39 is 25.2 Å². The van der Waals surface area contributed by atoms with E-state index >= 15 is 0 Å². The first-order valence-electron chi connectivity index (χ1n) is 6.92. The van der Waals surface area contributed by atoms with Crippen LogP contribution in [-0.2, 0) is 4.74 Å². The minimum absolute atomic E-state index is 0.0404. The van der Waals surface area contributed by atoms with Crippen molar-refractivity contribution in [1.29, 1.82) is 0 Å². The molecule has 19 heavy (non-hydrogen) atoms. The molecule has 0 aliphatic heterocycles. The van der Waals surface area contributed by atoms with Crippen molar-refractivity contribution in [2.75, 3.05) is 26.3 Å². The molecule has 6 heteroatoms. The van der Waals surface area contributed by atoms with E-state index in [2.05, 4.69) is 12.2 Å². The number of halogens is 2. The van der Waals surface area contributed by atoms with E-state index in [4.69, 9.17) is 9.84 Å². The number of hydrogen-bond acceptors (Lipinski definition) is 4. The van der Waals surface area contributed by atoms with E-state index in [0.717, 1.165) is 31.6 Å². The Morgan fingerprint density at radius 2 is 1.95 bits per heavy atom. The maximum Gasteiger partial charge on any atom is 0.282 e. The van der Waals surface area contributed by atoms with Gasteiger partial charge in [0.2, 0.25) is 0 Å². The lowest BCUT2D eigenvalue weighted by Gasteiger charge is -2.27. The first-order valence-corrected chi connectivity index (χ1v) is 6.92. The molecule has 0 spiro atoms. The molecule has 0 radical (unpaired) electrons. The molecule has 1 atom stereocenters. The number of hydrogen-bond donors (Lipinski definition) is 3. The maximum absolute atomic E-state index is 12.7. The van der Waals surface area contributed by atoms with E-state index in [1.807, 2.05) is 0 Å². The average Bonchev–Trinajstić information content (AvgIpc) is 2.38. The Hall–Kier alpha value is -0.300. The van der Waals surface area contributed by atoms with Crippen LogP contribution in [0.1, 0.15) is 32.6 Å². The summed E-state index contributed by atoms with van der Waals surface area (Å²) < 4.78 is 31.0. The van der Waals surface area contributed by atoms with Crippen LogP contribution in [0, 0.1) is 5.92 Å². The molecule has 3 N–H and O–H groups in total. The first kappa shape index (κ1) is 16.8. The molecular formula is C13H25F2NO3. The van der Waals surface area contributed by atoms with Gasteiger partial charge in [-0.2, -0.15) is 0 Å². The van der Waals surface area contributed by atoms with Gasteiger partial charge in [0.05, 0.1) is 25.4 Å². The molecule has 0 aromatic rings. The highest BCUT2D eigenvalue weighted by Crippen LogP contribution is 2.25. The molecule has 0 amide bonds. The molecule has 1 fully saturated rings. The average molecular weight is 281 g/mol. The van der Waals surface area contributed by atoms with E-state index in [9.17, 15) is 13.9 Å². The maximum atomic E-state index is 12.7. The van der Waals surface area contributed by atoms with Gasteiger partial charge in [-0.25, -0.2) is 8.78 Å². The molecule has 1 aliphatic rings. The molecule has 0 aromatic heterocycles. The van der Waals surface area contributed by atoms with Crippen molar-refractivity contribution in [1.82, 2.24) is 5.32 Å². The topological polar surface area (TPSA) is 61.7 Å². The van der Waals surface area contributed by atoms with Crippen LogP contribution in [-0.4, -0.2) is 54.6 Å². The molecule has 1 saturated carbocycles. The Balaban J connectivity index is 2.06. The highest BCUT2D eigenvalue weighted by molar-refractivity contribution is 4.72. The number of alkyl halides is 2. The second-order valence-corrected chi connectivity index (χ2v) is 5.51. The fraction of sp³-hybridized carbons (Fsp3) is 1.00. The minimum atomic E-state index is -3.14. The van der Waals surface area contributed by atoms with Crippen LogP contribution in [0.15, 0.2) is 0 Å². The Morgan fingerprint density at radius 1 is 1.32 bits per heavy atom. The summed E-state index contributed by atoms with van der Waals surface area (Å²) >= 11 is 0. The smallest absolute Gasteiger partial charge is 0.282 e. The summed E-state index contributed by atoms with van der Waals surface area (Å²) in [4.78, 5) is 0. The largest absolute Gasteiger partial charge is 0.390 e. The summed E-state index contributed by atoms with van der Waals surface area (Å²) in [5, 5.41) is 20.4. The Labute approximate surface area is 113 Å². The zero-order valence-electron chi connectivity index (χ0n) is 11.4. The van der Waals surface area contributed by atoms with Crippen molar-refractivity contribution in [3.63, 3.8) is 0 Å². The van der Waals surface area contributed by atoms with Gasteiger partial charge in [0, 0.05) is 6.54 Å². The highest BCUT2D eigenvalue weighted by atomic mass is 19.3. The summed E-state index contributed by atoms with van der Waals surface area (Å²) in [6.07, 6.45) is 3.68. The summed E-state index contributed by atoms with van der Waals surface area (Å²) in [6, 6.07) is 0. The van der Waals surface area contributed by atoms with Crippen LogP contribution in [0.4, 0.5) is 8.78 Å². The van der Waals surface area contributed by atoms with Crippen LogP contribution in [0.5, 0.6) is 0 Å². The van der Waals surface area contributed by atoms with Crippen molar-refractivity contribution in [3.05, 3.63) is 0 Å². The summed E-state index contributed by atoms with van der Waals surface area (Å²) in [7, 11) is 0. The minimum Gasteiger partial charge on any atom is -0.390 e. The van der Waals surface area contributed by atoms with Crippen LogP contribution >= 0.6 is 0 Å². The first-order chi connectivity index (χ1) is 8.93. The van der Waals surface area contributed by atoms with Gasteiger partial charge in [-0.15, -0.1) is 0 Å². The van der Waals surface area contributed by atoms with Crippen LogP contribution in [0.25, 0.3) is 0 Å². The molecule has 1 rings (SSSR count). The predicted molar refractivity (Wildman–Crippen MR) is 68.3 cm³/mol. The van der Waals surface area contributed by atoms with Gasteiger partial charge in [-0.3, -0.25) is 0 Å². The predicted octanol–water partition coefficient (Wildman–Crippen LogP) is 1.16. The van der Waals surface area contributed by atoms with Gasteiger partial charge in [-0.1, -0.05) is 6.92 Å². The third-order valence-electron chi connectivity index (χ3n) is 3.48. The van der Waals surface area contributed by atoms with Crippen LogP contribution in [0.3, 0.4) is 0 Å². The SMILES string of the molecule is CC1CCC(OCC(O)CNCC(F)(F)CO)CC1. The third kappa shape index (κ3) is 7.15. The zero-order valence-corrected chi connectivity index (χ0v) is 11.4. The summed E-state index contributed by atoms with van der Waals surface area (Å²) in [5.74, 6) is -2.40. The molecule has 0 bridgehead atoms. The number of ether oxygens (including phenoxy) is 1. The lowest BCUT2D eigenvalue weighted by atomic mass is 9.89. The fourth-order valence-electron chi connectivity index (χ4n) is 2.18. The molecule has 1 unspecified atom stereocenters. The second kappa shape index (κ2) is 8.09. The molecule has 0 saturated heterocycles. The highest BCUT2D eigenvalue weighted by Gasteiger charge is 2.27. The van der Waals surface area contributed by atoms with E-state index in [0.29, 0.717) is 0 Å². The Kier molecular flexibility index (Phi) is 7.13. The summed E-state index contributed by atoms with van der Waals surface area (Å²) in [5.41, 5.74) is 0. The second-order valence-electron chi connectivity index (χ2n) is 5.51.